The minimum Gasteiger partial charge on any atom is -0.399 e. The zero-order valence-corrected chi connectivity index (χ0v) is 22.7. The highest BCUT2D eigenvalue weighted by molar-refractivity contribution is 5.45. The monoisotopic (exact) mass is 490 g/mol. The number of anilines is 2. The summed E-state index contributed by atoms with van der Waals surface area (Å²) in [6.07, 6.45) is 5.73. The first kappa shape index (κ1) is 26.5. The molecule has 37 heavy (non-hydrogen) atoms. The van der Waals surface area contributed by atoms with Crippen LogP contribution < -0.4 is 11.5 Å². The Labute approximate surface area is 223 Å². The predicted octanol–water partition coefficient (Wildman–Crippen LogP) is 9.26. The van der Waals surface area contributed by atoms with Gasteiger partial charge in [0.05, 0.1) is 0 Å². The Morgan fingerprint density at radius 3 is 0.973 bits per heavy atom. The van der Waals surface area contributed by atoms with Gasteiger partial charge in [-0.2, -0.15) is 0 Å². The van der Waals surface area contributed by atoms with E-state index in [1.54, 1.807) is 0 Å². The first-order valence-corrected chi connectivity index (χ1v) is 13.9. The van der Waals surface area contributed by atoms with Crippen molar-refractivity contribution in [3.05, 3.63) is 130 Å². The Kier molecular flexibility index (Phi) is 9.06. The van der Waals surface area contributed by atoms with Crippen molar-refractivity contribution in [3.63, 3.8) is 0 Å². The minimum atomic E-state index is 0.391. The molecule has 0 spiro atoms. The fourth-order valence-corrected chi connectivity index (χ4v) is 5.64. The topological polar surface area (TPSA) is 52.0 Å². The second kappa shape index (κ2) is 12.6. The van der Waals surface area contributed by atoms with E-state index in [4.69, 9.17) is 11.5 Å². The van der Waals surface area contributed by atoms with E-state index in [1.165, 1.54) is 52.6 Å². The van der Waals surface area contributed by atoms with Crippen LogP contribution in [0.4, 0.5) is 11.4 Å². The van der Waals surface area contributed by atoms with Gasteiger partial charge in [-0.05, 0) is 76.9 Å². The van der Waals surface area contributed by atoms with Crippen LogP contribution in [0, 0.1) is 0 Å². The maximum Gasteiger partial charge on any atom is 0.0314 e. The van der Waals surface area contributed by atoms with Gasteiger partial charge >= 0.3 is 0 Å². The van der Waals surface area contributed by atoms with Gasteiger partial charge in [0.1, 0.15) is 0 Å². The van der Waals surface area contributed by atoms with Crippen LogP contribution in [0.25, 0.3) is 0 Å². The van der Waals surface area contributed by atoms with Gasteiger partial charge in [0.15, 0.2) is 0 Å². The van der Waals surface area contributed by atoms with Crippen LogP contribution >= 0.6 is 0 Å². The fourth-order valence-electron chi connectivity index (χ4n) is 5.64. The molecule has 4 aromatic rings. The molecular formula is C35H42N2. The predicted molar refractivity (Wildman–Crippen MR) is 160 cm³/mol. The molecule has 0 aromatic heterocycles. The lowest BCUT2D eigenvalue weighted by atomic mass is 9.83. The molecule has 0 amide bonds. The molecule has 0 saturated heterocycles. The second-order valence-corrected chi connectivity index (χ2v) is 10.3. The zero-order chi connectivity index (χ0) is 26.2. The van der Waals surface area contributed by atoms with Gasteiger partial charge in [-0.3, -0.25) is 0 Å². The van der Waals surface area contributed by atoms with Crippen LogP contribution in [0.2, 0.25) is 0 Å². The summed E-state index contributed by atoms with van der Waals surface area (Å²) in [6.45, 7) is 6.79. The van der Waals surface area contributed by atoms with Gasteiger partial charge in [-0.15, -0.1) is 0 Å². The summed E-state index contributed by atoms with van der Waals surface area (Å²) in [5.74, 6) is 1.20. The van der Waals surface area contributed by atoms with Crippen molar-refractivity contribution in [2.24, 2.45) is 0 Å². The lowest BCUT2D eigenvalue weighted by Gasteiger charge is -2.22. The van der Waals surface area contributed by atoms with Crippen molar-refractivity contribution < 1.29 is 0 Å². The molecule has 0 fully saturated rings. The molecule has 2 atom stereocenters. The smallest absolute Gasteiger partial charge is 0.0314 e. The Morgan fingerprint density at radius 1 is 0.432 bits per heavy atom. The highest BCUT2D eigenvalue weighted by Gasteiger charge is 2.18. The molecule has 0 heterocycles. The summed E-state index contributed by atoms with van der Waals surface area (Å²) >= 11 is 0. The minimum absolute atomic E-state index is 0.391. The highest BCUT2D eigenvalue weighted by atomic mass is 14.5. The van der Waals surface area contributed by atoms with Crippen molar-refractivity contribution in [2.75, 3.05) is 11.5 Å². The maximum atomic E-state index is 5.92. The summed E-state index contributed by atoms with van der Waals surface area (Å²) in [4.78, 5) is 0. The maximum absolute atomic E-state index is 5.92. The number of nitrogens with two attached hydrogens (primary N) is 2. The number of hydrogen-bond acceptors (Lipinski definition) is 2. The Hall–Kier alpha value is -3.52. The standard InChI is InChI=1S/C35H42N2/c1-4-7-8-35(29-13-9-25(10-14-29)33(5-2)27-17-21-31(36)22-18-27)30-15-11-26(12-16-30)34(6-3)28-19-23-32(37)24-20-28/h9-24,33-35H,4-8,36-37H2,1-3H3. The summed E-state index contributed by atoms with van der Waals surface area (Å²) in [5.41, 5.74) is 21.7. The van der Waals surface area contributed by atoms with E-state index in [0.717, 1.165) is 24.2 Å². The molecule has 0 saturated carbocycles. The van der Waals surface area contributed by atoms with Crippen molar-refractivity contribution in [2.45, 2.75) is 70.6 Å². The molecular weight excluding hydrogens is 448 g/mol. The summed E-state index contributed by atoms with van der Waals surface area (Å²) in [7, 11) is 0. The van der Waals surface area contributed by atoms with Crippen LogP contribution in [0.1, 0.15) is 104 Å². The molecule has 4 aromatic carbocycles. The summed E-state index contributed by atoms with van der Waals surface area (Å²) in [6, 6.07) is 35.4. The molecule has 2 unspecified atom stereocenters. The number of unbranched alkanes of at least 4 members (excludes halogenated alkanes) is 1. The highest BCUT2D eigenvalue weighted by Crippen LogP contribution is 2.35. The third-order valence-corrected chi connectivity index (χ3v) is 7.82. The first-order valence-electron chi connectivity index (χ1n) is 13.9. The van der Waals surface area contributed by atoms with Crippen molar-refractivity contribution in [1.29, 1.82) is 0 Å². The molecule has 2 nitrogen and oxygen atoms in total. The third-order valence-electron chi connectivity index (χ3n) is 7.82. The normalized spacial score (nSPS) is 13.7. The van der Waals surface area contributed by atoms with E-state index < -0.39 is 0 Å². The van der Waals surface area contributed by atoms with Crippen LogP contribution in [-0.2, 0) is 0 Å². The molecule has 192 valence electrons. The van der Waals surface area contributed by atoms with Crippen LogP contribution in [0.5, 0.6) is 0 Å². The van der Waals surface area contributed by atoms with E-state index in [0.29, 0.717) is 17.8 Å². The molecule has 4 N–H and O–H groups in total. The van der Waals surface area contributed by atoms with Gasteiger partial charge in [0, 0.05) is 29.1 Å². The summed E-state index contributed by atoms with van der Waals surface area (Å²) in [5, 5.41) is 0. The van der Waals surface area contributed by atoms with E-state index in [2.05, 4.69) is 93.6 Å². The van der Waals surface area contributed by atoms with Gasteiger partial charge < -0.3 is 11.5 Å². The lowest BCUT2D eigenvalue weighted by Crippen LogP contribution is -2.05. The molecule has 0 aliphatic carbocycles. The SMILES string of the molecule is CCCCC(c1ccc(C(CC)c2ccc(N)cc2)cc1)c1ccc(C(CC)c2ccc(N)cc2)cc1. The quantitative estimate of drug-likeness (QED) is 0.206. The third kappa shape index (κ3) is 6.43. The number of rotatable bonds is 11. The van der Waals surface area contributed by atoms with E-state index in [1.807, 2.05) is 24.3 Å². The van der Waals surface area contributed by atoms with Gasteiger partial charge in [0.2, 0.25) is 0 Å². The Morgan fingerprint density at radius 2 is 0.703 bits per heavy atom. The Balaban J connectivity index is 1.58. The average molecular weight is 491 g/mol. The van der Waals surface area contributed by atoms with E-state index in [9.17, 15) is 0 Å². The largest absolute Gasteiger partial charge is 0.399 e. The van der Waals surface area contributed by atoms with Gasteiger partial charge in [-0.25, -0.2) is 0 Å². The molecule has 2 heteroatoms. The Bertz CT molecular complexity index is 1130. The number of benzene rings is 4. The molecule has 0 aliphatic rings. The summed E-state index contributed by atoms with van der Waals surface area (Å²) < 4.78 is 0. The van der Waals surface area contributed by atoms with Crippen molar-refractivity contribution in [3.8, 4) is 0 Å². The fraction of sp³-hybridized carbons (Fsp3) is 0.314. The van der Waals surface area contributed by atoms with Crippen molar-refractivity contribution in [1.82, 2.24) is 0 Å². The molecule has 4 rings (SSSR count). The second-order valence-electron chi connectivity index (χ2n) is 10.3. The van der Waals surface area contributed by atoms with E-state index >= 15 is 0 Å². The number of nitrogen functional groups attached to an aromatic ring is 2. The first-order chi connectivity index (χ1) is 18.0. The van der Waals surface area contributed by atoms with Gasteiger partial charge in [0.25, 0.3) is 0 Å². The average Bonchev–Trinajstić information content (AvgIpc) is 2.93. The van der Waals surface area contributed by atoms with Crippen molar-refractivity contribution >= 4 is 11.4 Å². The van der Waals surface area contributed by atoms with Gasteiger partial charge in [-0.1, -0.05) is 106 Å². The molecule has 0 bridgehead atoms. The van der Waals surface area contributed by atoms with Crippen LogP contribution in [-0.4, -0.2) is 0 Å². The zero-order valence-electron chi connectivity index (χ0n) is 22.7. The van der Waals surface area contributed by atoms with Crippen LogP contribution in [0.3, 0.4) is 0 Å². The van der Waals surface area contributed by atoms with Crippen LogP contribution in [0.15, 0.2) is 97.1 Å². The lowest BCUT2D eigenvalue weighted by molar-refractivity contribution is 0.649. The molecule has 0 aliphatic heterocycles. The van der Waals surface area contributed by atoms with E-state index in [-0.39, 0.29) is 0 Å². The molecule has 0 radical (unpaired) electrons. The number of hydrogen-bond donors (Lipinski definition) is 2.